The number of fused-ring (bicyclic) bond motifs is 2. The van der Waals surface area contributed by atoms with Crippen molar-refractivity contribution in [3.05, 3.63) is 83.8 Å². The van der Waals surface area contributed by atoms with Gasteiger partial charge in [-0.15, -0.1) is 0 Å². The number of ether oxygens (including phenoxy) is 2. The van der Waals surface area contributed by atoms with Crippen LogP contribution >= 0.6 is 0 Å². The first-order valence-corrected chi connectivity index (χ1v) is 14.0. The molecule has 1 N–H and O–H groups in total. The molecule has 6 rings (SSSR count). The molecule has 39 heavy (non-hydrogen) atoms. The van der Waals surface area contributed by atoms with E-state index >= 15 is 0 Å². The van der Waals surface area contributed by atoms with E-state index in [9.17, 15) is 9.18 Å². The quantitative estimate of drug-likeness (QED) is 0.233. The fraction of sp³-hybridized carbons (Fsp3) is 0.364. The highest BCUT2D eigenvalue weighted by Gasteiger charge is 2.44. The highest BCUT2D eigenvalue weighted by Crippen LogP contribution is 2.46. The standard InChI is InChI=1S/C33H35FN2O3/c1-3-39-32-17-21(16-31(38-2)33(32)22-8-11-25(34)12-9-22)20-36-15-14-26-23(10-13-29(26)36)19-30(37)28-18-24-6-4-5-7-27(24)35-28/h4-9,11-12,16-18,23,26,29,35H,3,10,13-15,19-20H2,1-2H3/t23?,26-,29+/m0/s1. The smallest absolute Gasteiger partial charge is 0.179 e. The molecular weight excluding hydrogens is 491 g/mol. The molecule has 2 fully saturated rings. The second-order valence-corrected chi connectivity index (χ2v) is 10.8. The highest BCUT2D eigenvalue weighted by molar-refractivity contribution is 5.99. The van der Waals surface area contributed by atoms with Crippen LogP contribution in [0.25, 0.3) is 22.0 Å². The van der Waals surface area contributed by atoms with Gasteiger partial charge >= 0.3 is 0 Å². The molecule has 1 unspecified atom stereocenters. The topological polar surface area (TPSA) is 54.6 Å². The number of hydrogen-bond donors (Lipinski definition) is 1. The maximum absolute atomic E-state index is 13.6. The number of para-hydroxylation sites is 1. The molecule has 4 aromatic rings. The van der Waals surface area contributed by atoms with Crippen molar-refractivity contribution < 1.29 is 18.7 Å². The third kappa shape index (κ3) is 5.06. The van der Waals surface area contributed by atoms with Gasteiger partial charge in [-0.1, -0.05) is 30.3 Å². The monoisotopic (exact) mass is 526 g/mol. The van der Waals surface area contributed by atoms with Crippen LogP contribution in [0.3, 0.4) is 0 Å². The Hall–Kier alpha value is -3.64. The van der Waals surface area contributed by atoms with Gasteiger partial charge in [0.25, 0.3) is 0 Å². The predicted molar refractivity (Wildman–Crippen MR) is 152 cm³/mol. The van der Waals surface area contributed by atoms with E-state index in [2.05, 4.69) is 22.0 Å². The summed E-state index contributed by atoms with van der Waals surface area (Å²) in [7, 11) is 1.67. The molecule has 1 saturated carbocycles. The summed E-state index contributed by atoms with van der Waals surface area (Å²) in [5.41, 5.74) is 4.59. The van der Waals surface area contributed by atoms with Crippen LogP contribution in [0.4, 0.5) is 4.39 Å². The number of rotatable bonds is 9. The predicted octanol–water partition coefficient (Wildman–Crippen LogP) is 7.25. The molecule has 202 valence electrons. The number of benzene rings is 3. The third-order valence-corrected chi connectivity index (χ3v) is 8.59. The number of ketones is 1. The van der Waals surface area contributed by atoms with E-state index in [1.165, 1.54) is 12.1 Å². The number of carbonyl (C=O) groups excluding carboxylic acids is 1. The SMILES string of the molecule is CCOc1cc(CN2CC[C@H]3C(CC(=O)c4cc5ccccc5[nH]4)CC[C@H]32)cc(OC)c1-c1ccc(F)cc1. The van der Waals surface area contributed by atoms with Crippen molar-refractivity contribution in [3.8, 4) is 22.6 Å². The van der Waals surface area contributed by atoms with Gasteiger partial charge in [0.05, 0.1) is 25.0 Å². The average Bonchev–Trinajstić information content (AvgIpc) is 3.66. The summed E-state index contributed by atoms with van der Waals surface area (Å²) in [6.45, 7) is 4.33. The van der Waals surface area contributed by atoms with Crippen LogP contribution in [0, 0.1) is 17.7 Å². The van der Waals surface area contributed by atoms with Gasteiger partial charge in [0, 0.05) is 29.9 Å². The van der Waals surface area contributed by atoms with Crippen LogP contribution in [0.15, 0.2) is 66.7 Å². The van der Waals surface area contributed by atoms with Crippen molar-refractivity contribution in [2.45, 2.75) is 45.2 Å². The number of Topliss-reactive ketones (excluding diaryl/α,β-unsaturated/α-hetero) is 1. The first-order chi connectivity index (χ1) is 19.0. The maximum atomic E-state index is 13.6. The van der Waals surface area contributed by atoms with Crippen LogP contribution in [0.2, 0.25) is 0 Å². The molecule has 3 atom stereocenters. The van der Waals surface area contributed by atoms with Crippen molar-refractivity contribution in [2.24, 2.45) is 11.8 Å². The number of carbonyl (C=O) groups is 1. The van der Waals surface area contributed by atoms with Gasteiger partial charge in [-0.2, -0.15) is 0 Å². The largest absolute Gasteiger partial charge is 0.496 e. The molecule has 1 aliphatic carbocycles. The molecule has 0 amide bonds. The second-order valence-electron chi connectivity index (χ2n) is 10.8. The molecule has 1 saturated heterocycles. The first kappa shape index (κ1) is 25.6. The van der Waals surface area contributed by atoms with E-state index in [1.54, 1.807) is 19.2 Å². The summed E-state index contributed by atoms with van der Waals surface area (Å²) >= 11 is 0. The molecule has 1 aromatic heterocycles. The van der Waals surface area contributed by atoms with Crippen LogP contribution in [-0.4, -0.2) is 42.0 Å². The Morgan fingerprint density at radius 2 is 1.82 bits per heavy atom. The minimum Gasteiger partial charge on any atom is -0.496 e. The Labute approximate surface area is 228 Å². The van der Waals surface area contributed by atoms with Gasteiger partial charge in [0.15, 0.2) is 5.78 Å². The number of nitrogens with zero attached hydrogens (tertiary/aromatic N) is 1. The molecule has 0 radical (unpaired) electrons. The van der Waals surface area contributed by atoms with Crippen molar-refractivity contribution in [2.75, 3.05) is 20.3 Å². The van der Waals surface area contributed by atoms with E-state index in [1.807, 2.05) is 37.3 Å². The fourth-order valence-electron chi connectivity index (χ4n) is 6.81. The molecular formula is C33H35FN2O3. The molecule has 6 heteroatoms. The summed E-state index contributed by atoms with van der Waals surface area (Å²) in [5, 5.41) is 1.09. The second kappa shape index (κ2) is 10.9. The van der Waals surface area contributed by atoms with Crippen LogP contribution in [0.5, 0.6) is 11.5 Å². The van der Waals surface area contributed by atoms with Gasteiger partial charge in [-0.25, -0.2) is 4.39 Å². The summed E-state index contributed by atoms with van der Waals surface area (Å²) in [4.78, 5) is 19.1. The number of halogens is 1. The van der Waals surface area contributed by atoms with Crippen molar-refractivity contribution >= 4 is 16.7 Å². The average molecular weight is 527 g/mol. The summed E-state index contributed by atoms with van der Waals surface area (Å²) in [6.07, 6.45) is 3.95. The molecule has 0 spiro atoms. The zero-order valence-corrected chi connectivity index (χ0v) is 22.6. The third-order valence-electron chi connectivity index (χ3n) is 8.59. The first-order valence-electron chi connectivity index (χ1n) is 14.0. The molecule has 1 aliphatic heterocycles. The molecule has 3 aromatic carbocycles. The number of methoxy groups -OCH3 is 1. The minimum atomic E-state index is -0.270. The lowest BCUT2D eigenvalue weighted by Gasteiger charge is -2.25. The fourth-order valence-corrected chi connectivity index (χ4v) is 6.81. The zero-order chi connectivity index (χ0) is 26.9. The maximum Gasteiger partial charge on any atom is 0.179 e. The Balaban J connectivity index is 1.17. The number of nitrogens with one attached hydrogen (secondary N) is 1. The van der Waals surface area contributed by atoms with Crippen LogP contribution < -0.4 is 9.47 Å². The van der Waals surface area contributed by atoms with E-state index in [0.717, 1.165) is 77.1 Å². The van der Waals surface area contributed by atoms with Gasteiger partial charge in [0.2, 0.25) is 0 Å². The molecule has 2 heterocycles. The van der Waals surface area contributed by atoms with Crippen molar-refractivity contribution in [1.82, 2.24) is 9.88 Å². The number of H-pyrrole nitrogens is 1. The van der Waals surface area contributed by atoms with Crippen molar-refractivity contribution in [1.29, 1.82) is 0 Å². The van der Waals surface area contributed by atoms with E-state index in [4.69, 9.17) is 9.47 Å². The summed E-state index contributed by atoms with van der Waals surface area (Å²) < 4.78 is 25.4. The van der Waals surface area contributed by atoms with E-state index in [0.29, 0.717) is 30.9 Å². The Bertz CT molecular complexity index is 1450. The van der Waals surface area contributed by atoms with E-state index < -0.39 is 0 Å². The molecule has 0 bridgehead atoms. The molecule has 5 nitrogen and oxygen atoms in total. The van der Waals surface area contributed by atoms with Gasteiger partial charge < -0.3 is 14.5 Å². The van der Waals surface area contributed by atoms with Crippen molar-refractivity contribution in [3.63, 3.8) is 0 Å². The number of aromatic nitrogens is 1. The van der Waals surface area contributed by atoms with E-state index in [-0.39, 0.29) is 11.6 Å². The minimum absolute atomic E-state index is 0.220. The van der Waals surface area contributed by atoms with Gasteiger partial charge in [-0.3, -0.25) is 9.69 Å². The summed E-state index contributed by atoms with van der Waals surface area (Å²) in [6, 6.07) is 21.2. The Morgan fingerprint density at radius 1 is 1.03 bits per heavy atom. The van der Waals surface area contributed by atoms with Gasteiger partial charge in [0.1, 0.15) is 17.3 Å². The summed E-state index contributed by atoms with van der Waals surface area (Å²) in [5.74, 6) is 2.40. The normalized spacial score (nSPS) is 20.8. The number of likely N-dealkylation sites (tertiary alicyclic amines) is 1. The van der Waals surface area contributed by atoms with Crippen LogP contribution in [0.1, 0.15) is 48.7 Å². The number of hydrogen-bond acceptors (Lipinski definition) is 4. The van der Waals surface area contributed by atoms with Crippen LogP contribution in [-0.2, 0) is 6.54 Å². The Morgan fingerprint density at radius 3 is 2.59 bits per heavy atom. The lowest BCUT2D eigenvalue weighted by molar-refractivity contribution is 0.0945. The Kier molecular flexibility index (Phi) is 7.13. The highest BCUT2D eigenvalue weighted by atomic mass is 19.1. The van der Waals surface area contributed by atoms with Gasteiger partial charge in [-0.05, 0) is 92.1 Å². The lowest BCUT2D eigenvalue weighted by atomic mass is 9.88. The lowest BCUT2D eigenvalue weighted by Crippen LogP contribution is -2.30. The zero-order valence-electron chi connectivity index (χ0n) is 22.6. The number of aromatic amines is 1. The molecule has 2 aliphatic rings.